The van der Waals surface area contributed by atoms with Crippen molar-refractivity contribution in [3.63, 3.8) is 0 Å². The maximum Gasteiger partial charge on any atom is 0.0639 e. The van der Waals surface area contributed by atoms with E-state index in [2.05, 4.69) is 19.6 Å². The van der Waals surface area contributed by atoms with E-state index in [0.717, 1.165) is 24.8 Å². The van der Waals surface area contributed by atoms with E-state index >= 15 is 0 Å². The highest BCUT2D eigenvalue weighted by atomic mass is 16.3. The number of hydrogen-bond donors (Lipinski definition) is 2. The van der Waals surface area contributed by atoms with Crippen LogP contribution in [0, 0.1) is 5.92 Å². The molecular formula is C15H26O2. The lowest BCUT2D eigenvalue weighted by molar-refractivity contribution is 0.330. The summed E-state index contributed by atoms with van der Waals surface area (Å²) in [5.74, 6) is 0.457. The Morgan fingerprint density at radius 1 is 1.12 bits per heavy atom. The van der Waals surface area contributed by atoms with E-state index in [-0.39, 0.29) is 13.2 Å². The average Bonchev–Trinajstić information content (AvgIpc) is 2.28. The molecule has 0 rings (SSSR count). The van der Waals surface area contributed by atoms with Crippen molar-refractivity contribution in [2.45, 2.75) is 40.0 Å². The summed E-state index contributed by atoms with van der Waals surface area (Å²) >= 11 is 0. The Hall–Kier alpha value is -0.860. The van der Waals surface area contributed by atoms with Gasteiger partial charge in [0.15, 0.2) is 0 Å². The van der Waals surface area contributed by atoms with Crippen LogP contribution in [-0.4, -0.2) is 23.4 Å². The first-order valence-corrected chi connectivity index (χ1v) is 6.19. The fraction of sp³-hybridized carbons (Fsp3) is 0.600. The summed E-state index contributed by atoms with van der Waals surface area (Å²) < 4.78 is 0. The van der Waals surface area contributed by atoms with Crippen LogP contribution in [0.15, 0.2) is 35.5 Å². The Balaban J connectivity index is 4.26. The molecule has 0 spiro atoms. The van der Waals surface area contributed by atoms with Gasteiger partial charge in [-0.05, 0) is 46.0 Å². The van der Waals surface area contributed by atoms with Crippen LogP contribution in [0.1, 0.15) is 40.0 Å². The first-order chi connectivity index (χ1) is 8.01. The van der Waals surface area contributed by atoms with Gasteiger partial charge in [0.25, 0.3) is 0 Å². The summed E-state index contributed by atoms with van der Waals surface area (Å²) in [5.41, 5.74) is 3.42. The zero-order valence-corrected chi connectivity index (χ0v) is 11.4. The van der Waals surface area contributed by atoms with Crippen molar-refractivity contribution in [1.82, 2.24) is 0 Å². The lowest BCUT2D eigenvalue weighted by atomic mass is 9.90. The summed E-state index contributed by atoms with van der Waals surface area (Å²) in [6.45, 7) is 10.3. The number of rotatable bonds is 8. The van der Waals surface area contributed by atoms with Crippen molar-refractivity contribution in [3.05, 3.63) is 35.5 Å². The highest BCUT2D eigenvalue weighted by Crippen LogP contribution is 2.22. The maximum absolute atomic E-state index is 8.95. The summed E-state index contributed by atoms with van der Waals surface area (Å²) in [6.07, 6.45) is 6.92. The molecule has 0 saturated heterocycles. The fourth-order valence-electron chi connectivity index (χ4n) is 1.63. The summed E-state index contributed by atoms with van der Waals surface area (Å²) in [5, 5.41) is 17.7. The van der Waals surface area contributed by atoms with Gasteiger partial charge in [-0.25, -0.2) is 0 Å². The van der Waals surface area contributed by atoms with E-state index in [1.165, 1.54) is 11.1 Å². The van der Waals surface area contributed by atoms with E-state index in [1.54, 1.807) is 0 Å². The van der Waals surface area contributed by atoms with Gasteiger partial charge in [0.05, 0.1) is 13.2 Å². The third-order valence-electron chi connectivity index (χ3n) is 3.02. The van der Waals surface area contributed by atoms with Crippen molar-refractivity contribution in [2.24, 2.45) is 5.92 Å². The Morgan fingerprint density at radius 3 is 2.24 bits per heavy atom. The third-order valence-corrected chi connectivity index (χ3v) is 3.02. The Kier molecular flexibility index (Phi) is 8.73. The van der Waals surface area contributed by atoms with Crippen LogP contribution in [0.3, 0.4) is 0 Å². The van der Waals surface area contributed by atoms with Crippen LogP contribution in [0.5, 0.6) is 0 Å². The minimum absolute atomic E-state index is 0.118. The van der Waals surface area contributed by atoms with E-state index in [0.29, 0.717) is 5.92 Å². The quantitative estimate of drug-likeness (QED) is 0.637. The van der Waals surface area contributed by atoms with Crippen molar-refractivity contribution in [3.8, 4) is 0 Å². The zero-order valence-electron chi connectivity index (χ0n) is 11.4. The van der Waals surface area contributed by atoms with E-state index < -0.39 is 0 Å². The van der Waals surface area contributed by atoms with Gasteiger partial charge in [-0.2, -0.15) is 0 Å². The predicted molar refractivity (Wildman–Crippen MR) is 73.8 cm³/mol. The topological polar surface area (TPSA) is 40.5 Å². The van der Waals surface area contributed by atoms with Crippen molar-refractivity contribution in [2.75, 3.05) is 13.2 Å². The van der Waals surface area contributed by atoms with E-state index in [9.17, 15) is 0 Å². The molecular weight excluding hydrogens is 212 g/mol. The first-order valence-electron chi connectivity index (χ1n) is 6.19. The highest BCUT2D eigenvalue weighted by molar-refractivity contribution is 5.06. The number of aliphatic hydroxyl groups excluding tert-OH is 2. The molecule has 0 bridgehead atoms. The average molecular weight is 238 g/mol. The molecule has 0 aliphatic heterocycles. The van der Waals surface area contributed by atoms with Gasteiger partial charge in [0.1, 0.15) is 0 Å². The van der Waals surface area contributed by atoms with Gasteiger partial charge < -0.3 is 10.2 Å². The predicted octanol–water partition coefficient (Wildman–Crippen LogP) is 3.23. The Labute approximate surface area is 105 Å². The molecule has 0 aromatic rings. The van der Waals surface area contributed by atoms with Crippen LogP contribution in [0.2, 0.25) is 0 Å². The highest BCUT2D eigenvalue weighted by Gasteiger charge is 2.08. The van der Waals surface area contributed by atoms with Crippen LogP contribution in [0.4, 0.5) is 0 Å². The van der Waals surface area contributed by atoms with Crippen molar-refractivity contribution in [1.29, 1.82) is 0 Å². The molecule has 0 aliphatic carbocycles. The summed E-state index contributed by atoms with van der Waals surface area (Å²) in [6, 6.07) is 0. The van der Waals surface area contributed by atoms with Crippen LogP contribution >= 0.6 is 0 Å². The molecule has 2 nitrogen and oxygen atoms in total. The Bertz CT molecular complexity index is 287. The van der Waals surface area contributed by atoms with E-state index in [4.69, 9.17) is 10.2 Å². The van der Waals surface area contributed by atoms with Gasteiger partial charge in [-0.1, -0.05) is 35.5 Å². The molecule has 2 heteroatoms. The molecule has 0 aromatic heterocycles. The molecule has 0 amide bonds. The van der Waals surface area contributed by atoms with Gasteiger partial charge in [-0.3, -0.25) is 0 Å². The molecule has 0 heterocycles. The van der Waals surface area contributed by atoms with Crippen molar-refractivity contribution < 1.29 is 10.2 Å². The number of hydrogen-bond acceptors (Lipinski definition) is 2. The standard InChI is InChI=1S/C15H26O2/c1-12(2)15(8-6-14(4)11-17)7-5-13(3)9-10-16/h6,9,15-17H,1,5,7-8,10-11H2,2-4H3. The van der Waals surface area contributed by atoms with Crippen LogP contribution < -0.4 is 0 Å². The van der Waals surface area contributed by atoms with Gasteiger partial charge in [0, 0.05) is 0 Å². The monoisotopic (exact) mass is 238 g/mol. The first kappa shape index (κ1) is 16.1. The third kappa shape index (κ3) is 7.94. The van der Waals surface area contributed by atoms with Crippen LogP contribution in [0.25, 0.3) is 0 Å². The van der Waals surface area contributed by atoms with E-state index in [1.807, 2.05) is 19.9 Å². The number of allylic oxidation sites excluding steroid dienone is 3. The largest absolute Gasteiger partial charge is 0.392 e. The fourth-order valence-corrected chi connectivity index (χ4v) is 1.63. The second-order valence-electron chi connectivity index (χ2n) is 4.76. The SMILES string of the molecule is C=C(C)C(CC=C(C)CO)CCC(C)=CCO. The maximum atomic E-state index is 8.95. The minimum atomic E-state index is 0.118. The molecule has 1 atom stereocenters. The van der Waals surface area contributed by atoms with Crippen molar-refractivity contribution >= 4 is 0 Å². The van der Waals surface area contributed by atoms with Gasteiger partial charge >= 0.3 is 0 Å². The van der Waals surface area contributed by atoms with Gasteiger partial charge in [-0.15, -0.1) is 0 Å². The minimum Gasteiger partial charge on any atom is -0.392 e. The zero-order chi connectivity index (χ0) is 13.3. The molecule has 1 unspecified atom stereocenters. The lowest BCUT2D eigenvalue weighted by Gasteiger charge is -2.15. The molecule has 0 aliphatic rings. The Morgan fingerprint density at radius 2 is 1.76 bits per heavy atom. The summed E-state index contributed by atoms with van der Waals surface area (Å²) in [4.78, 5) is 0. The molecule has 0 aromatic carbocycles. The molecule has 0 saturated carbocycles. The molecule has 17 heavy (non-hydrogen) atoms. The van der Waals surface area contributed by atoms with Gasteiger partial charge in [0.2, 0.25) is 0 Å². The molecule has 0 fully saturated rings. The lowest BCUT2D eigenvalue weighted by Crippen LogP contribution is -2.01. The smallest absolute Gasteiger partial charge is 0.0639 e. The second kappa shape index (κ2) is 9.20. The summed E-state index contributed by atoms with van der Waals surface area (Å²) in [7, 11) is 0. The number of aliphatic hydroxyl groups is 2. The molecule has 0 radical (unpaired) electrons. The second-order valence-corrected chi connectivity index (χ2v) is 4.76. The normalized spacial score (nSPS) is 14.9. The van der Waals surface area contributed by atoms with Crippen LogP contribution in [-0.2, 0) is 0 Å². The molecule has 2 N–H and O–H groups in total. The molecule has 98 valence electrons.